The molecule has 0 rings (SSSR count). The molecule has 0 radical (unpaired) electrons. The van der Waals surface area contributed by atoms with Crippen molar-refractivity contribution in [3.05, 3.63) is 0 Å². The van der Waals surface area contributed by atoms with Crippen molar-refractivity contribution in [1.29, 1.82) is 0 Å². The quantitative estimate of drug-likeness (QED) is 0.558. The maximum Gasteiger partial charge on any atom is 0.217 e. The molecular formula is C12H28N2O2S2. The van der Waals surface area contributed by atoms with E-state index in [4.69, 9.17) is 0 Å². The lowest BCUT2D eigenvalue weighted by atomic mass is 10.5. The number of hydrogen-bond acceptors (Lipinski definition) is 4. The van der Waals surface area contributed by atoms with Crippen molar-refractivity contribution >= 4 is 33.4 Å². The van der Waals surface area contributed by atoms with Gasteiger partial charge < -0.3 is 11.5 Å². The minimum atomic E-state index is -0.245. The smallest absolute Gasteiger partial charge is 0.217 e. The number of carbonyl (C=O) groups is 2. The van der Waals surface area contributed by atoms with E-state index in [0.29, 0.717) is 12.8 Å². The van der Waals surface area contributed by atoms with Gasteiger partial charge in [-0.2, -0.15) is 0 Å². The molecule has 2 amide bonds. The van der Waals surface area contributed by atoms with Crippen LogP contribution in [-0.2, 0) is 9.59 Å². The molecule has 0 bridgehead atoms. The first-order valence-corrected chi connectivity index (χ1v) is 8.75. The van der Waals surface area contributed by atoms with Crippen LogP contribution in [0.3, 0.4) is 0 Å². The SMILES string of the molecule is CCC(N)=O.CCC(N)=O.CCCSSCCC. The van der Waals surface area contributed by atoms with Gasteiger partial charge in [-0.15, -0.1) is 0 Å². The molecule has 0 aromatic rings. The molecule has 110 valence electrons. The molecule has 0 atom stereocenters. The standard InChI is InChI=1S/C6H14S2.2C3H7NO/c1-3-5-7-8-6-4-2;2*1-2-3(4)5/h3-6H2,1-2H3;2*2H2,1H3,(H2,4,5). The van der Waals surface area contributed by atoms with Crippen molar-refractivity contribution in [2.45, 2.75) is 53.4 Å². The van der Waals surface area contributed by atoms with Crippen LogP contribution in [0.1, 0.15) is 53.4 Å². The third-order valence-corrected chi connectivity index (χ3v) is 4.17. The Bertz CT molecular complexity index is 171. The molecule has 4 nitrogen and oxygen atoms in total. The fourth-order valence-electron chi connectivity index (χ4n) is 0.285. The van der Waals surface area contributed by atoms with Gasteiger partial charge in [0.1, 0.15) is 0 Å². The summed E-state index contributed by atoms with van der Waals surface area (Å²) in [5, 5.41) is 0. The first kappa shape index (κ1) is 22.8. The lowest BCUT2D eigenvalue weighted by molar-refractivity contribution is -0.118. The van der Waals surface area contributed by atoms with Gasteiger partial charge in [-0.05, 0) is 12.8 Å². The highest BCUT2D eigenvalue weighted by atomic mass is 33.1. The largest absolute Gasteiger partial charge is 0.370 e. The van der Waals surface area contributed by atoms with E-state index >= 15 is 0 Å². The average molecular weight is 297 g/mol. The van der Waals surface area contributed by atoms with E-state index in [0.717, 1.165) is 0 Å². The van der Waals surface area contributed by atoms with E-state index in [1.54, 1.807) is 13.8 Å². The van der Waals surface area contributed by atoms with Gasteiger partial charge in [0.25, 0.3) is 0 Å². The van der Waals surface area contributed by atoms with Gasteiger partial charge in [-0.3, -0.25) is 9.59 Å². The van der Waals surface area contributed by atoms with Crippen LogP contribution in [0, 0.1) is 0 Å². The summed E-state index contributed by atoms with van der Waals surface area (Å²) in [7, 11) is 3.99. The molecule has 0 saturated carbocycles. The monoisotopic (exact) mass is 296 g/mol. The lowest BCUT2D eigenvalue weighted by Crippen LogP contribution is -2.06. The Kier molecular flexibility index (Phi) is 27.7. The summed E-state index contributed by atoms with van der Waals surface area (Å²) in [4.78, 5) is 19.2. The fraction of sp³-hybridized carbons (Fsp3) is 0.833. The van der Waals surface area contributed by atoms with Crippen molar-refractivity contribution in [2.75, 3.05) is 11.5 Å². The van der Waals surface area contributed by atoms with Gasteiger partial charge in [0.05, 0.1) is 0 Å². The van der Waals surface area contributed by atoms with E-state index < -0.39 is 0 Å². The predicted octanol–water partition coefficient (Wildman–Crippen LogP) is 2.95. The van der Waals surface area contributed by atoms with Crippen LogP contribution in [-0.4, -0.2) is 23.3 Å². The van der Waals surface area contributed by atoms with E-state index in [2.05, 4.69) is 25.3 Å². The average Bonchev–Trinajstić information content (AvgIpc) is 2.36. The lowest BCUT2D eigenvalue weighted by Gasteiger charge is -1.93. The molecule has 0 fully saturated rings. The van der Waals surface area contributed by atoms with Gasteiger partial charge >= 0.3 is 0 Å². The summed E-state index contributed by atoms with van der Waals surface area (Å²) in [6, 6.07) is 0. The fourth-order valence-corrected chi connectivity index (χ4v) is 2.56. The highest BCUT2D eigenvalue weighted by molar-refractivity contribution is 8.76. The number of primary amides is 2. The zero-order valence-corrected chi connectivity index (χ0v) is 13.7. The first-order chi connectivity index (χ1) is 8.45. The molecule has 6 heteroatoms. The van der Waals surface area contributed by atoms with Gasteiger partial charge in [0.15, 0.2) is 0 Å². The van der Waals surface area contributed by atoms with Gasteiger partial charge in [-0.1, -0.05) is 49.3 Å². The van der Waals surface area contributed by atoms with Gasteiger partial charge in [0.2, 0.25) is 11.8 Å². The zero-order chi connectivity index (χ0) is 14.8. The molecule has 0 aliphatic rings. The summed E-state index contributed by atoms with van der Waals surface area (Å²) in [5.41, 5.74) is 9.31. The maximum atomic E-state index is 9.59. The number of carbonyl (C=O) groups excluding carboxylic acids is 2. The number of rotatable bonds is 7. The molecule has 0 unspecified atom stereocenters. The summed E-state index contributed by atoms with van der Waals surface area (Å²) < 4.78 is 0. The Hall–Kier alpha value is -0.360. The summed E-state index contributed by atoms with van der Waals surface area (Å²) >= 11 is 0. The minimum Gasteiger partial charge on any atom is -0.370 e. The third kappa shape index (κ3) is 44.9. The Morgan fingerprint density at radius 2 is 1.00 bits per heavy atom. The van der Waals surface area contributed by atoms with Crippen LogP contribution in [0.5, 0.6) is 0 Å². The number of amides is 2. The Morgan fingerprint density at radius 1 is 0.778 bits per heavy atom. The van der Waals surface area contributed by atoms with Crippen LogP contribution in [0.15, 0.2) is 0 Å². The Morgan fingerprint density at radius 3 is 1.11 bits per heavy atom. The molecule has 0 aromatic carbocycles. The molecule has 0 spiro atoms. The van der Waals surface area contributed by atoms with Crippen LogP contribution in [0.4, 0.5) is 0 Å². The van der Waals surface area contributed by atoms with Gasteiger partial charge in [-0.25, -0.2) is 0 Å². The van der Waals surface area contributed by atoms with Crippen molar-refractivity contribution in [3.63, 3.8) is 0 Å². The minimum absolute atomic E-state index is 0.245. The van der Waals surface area contributed by atoms with Crippen molar-refractivity contribution < 1.29 is 9.59 Å². The predicted molar refractivity (Wildman–Crippen MR) is 84.5 cm³/mol. The van der Waals surface area contributed by atoms with Crippen LogP contribution >= 0.6 is 21.6 Å². The molecule has 0 heterocycles. The van der Waals surface area contributed by atoms with Gasteiger partial charge in [0, 0.05) is 24.3 Å². The molecule has 0 aliphatic heterocycles. The Labute approximate surface area is 119 Å². The summed E-state index contributed by atoms with van der Waals surface area (Å²) in [5.74, 6) is 2.13. The van der Waals surface area contributed by atoms with E-state index in [1.165, 1.54) is 24.3 Å². The normalized spacial score (nSPS) is 8.44. The third-order valence-electron chi connectivity index (χ3n) is 1.36. The second-order valence-corrected chi connectivity index (χ2v) is 5.99. The highest BCUT2D eigenvalue weighted by Crippen LogP contribution is 2.21. The van der Waals surface area contributed by atoms with E-state index in [9.17, 15) is 9.59 Å². The van der Waals surface area contributed by atoms with Crippen LogP contribution in [0.2, 0.25) is 0 Å². The molecule has 0 aliphatic carbocycles. The molecule has 4 N–H and O–H groups in total. The number of nitrogens with two attached hydrogens (primary N) is 2. The first-order valence-electron chi connectivity index (χ1n) is 6.27. The van der Waals surface area contributed by atoms with Crippen molar-refractivity contribution in [1.82, 2.24) is 0 Å². The molecular weight excluding hydrogens is 268 g/mol. The van der Waals surface area contributed by atoms with Crippen LogP contribution in [0.25, 0.3) is 0 Å². The molecule has 18 heavy (non-hydrogen) atoms. The highest BCUT2D eigenvalue weighted by Gasteiger charge is 1.83. The molecule has 0 aromatic heterocycles. The second kappa shape index (κ2) is 21.9. The topological polar surface area (TPSA) is 86.2 Å². The maximum absolute atomic E-state index is 9.59. The second-order valence-electron chi connectivity index (χ2n) is 3.28. The van der Waals surface area contributed by atoms with Crippen LogP contribution < -0.4 is 11.5 Å². The summed E-state index contributed by atoms with van der Waals surface area (Å²) in [6.07, 6.45) is 3.50. The van der Waals surface area contributed by atoms with Crippen molar-refractivity contribution in [2.24, 2.45) is 11.5 Å². The zero-order valence-electron chi connectivity index (χ0n) is 12.0. The Balaban J connectivity index is -0.000000197. The number of hydrogen-bond donors (Lipinski definition) is 2. The van der Waals surface area contributed by atoms with E-state index in [-0.39, 0.29) is 11.8 Å². The summed E-state index contributed by atoms with van der Waals surface area (Å²) in [6.45, 7) is 7.89. The van der Waals surface area contributed by atoms with Crippen molar-refractivity contribution in [3.8, 4) is 0 Å². The molecule has 0 saturated heterocycles. The van der Waals surface area contributed by atoms with E-state index in [1.807, 2.05) is 21.6 Å².